The van der Waals surface area contributed by atoms with E-state index in [9.17, 15) is 9.59 Å². The van der Waals surface area contributed by atoms with Gasteiger partial charge in [0.2, 0.25) is 5.91 Å². The van der Waals surface area contributed by atoms with E-state index in [1.165, 1.54) is 0 Å². The van der Waals surface area contributed by atoms with Crippen LogP contribution >= 0.6 is 0 Å². The van der Waals surface area contributed by atoms with Crippen LogP contribution in [0.15, 0.2) is 6.20 Å². The fraction of sp³-hybridized carbons (Fsp3) is 0.722. The number of nitrogens with zero attached hydrogens (tertiary/aromatic N) is 4. The van der Waals surface area contributed by atoms with E-state index in [-0.39, 0.29) is 17.2 Å². The number of piperazine rings is 1. The topological polar surface area (TPSA) is 58.4 Å². The second kappa shape index (κ2) is 6.57. The van der Waals surface area contributed by atoms with Crippen LogP contribution < -0.4 is 0 Å². The highest BCUT2D eigenvalue weighted by molar-refractivity contribution is 5.95. The third kappa shape index (κ3) is 3.62. The molecule has 0 atom stereocenters. The van der Waals surface area contributed by atoms with Gasteiger partial charge in [0.25, 0.3) is 5.91 Å². The molecule has 0 N–H and O–H groups in total. The zero-order valence-corrected chi connectivity index (χ0v) is 15.0. The normalized spacial score (nSPS) is 18.5. The predicted octanol–water partition coefficient (Wildman–Crippen LogP) is 1.94. The predicted molar refractivity (Wildman–Crippen MR) is 91.7 cm³/mol. The molecule has 0 spiro atoms. The van der Waals surface area contributed by atoms with Crippen molar-refractivity contribution in [1.82, 2.24) is 19.6 Å². The Hall–Kier alpha value is -1.85. The monoisotopic (exact) mass is 332 g/mol. The van der Waals surface area contributed by atoms with Gasteiger partial charge in [0, 0.05) is 39.1 Å². The van der Waals surface area contributed by atoms with Crippen LogP contribution in [0.3, 0.4) is 0 Å². The summed E-state index contributed by atoms with van der Waals surface area (Å²) in [7, 11) is 0. The molecule has 2 aliphatic rings. The molecule has 2 amide bonds. The fourth-order valence-electron chi connectivity index (χ4n) is 3.49. The van der Waals surface area contributed by atoms with Crippen LogP contribution in [0.5, 0.6) is 0 Å². The summed E-state index contributed by atoms with van der Waals surface area (Å²) in [6, 6.07) is 0. The average molecular weight is 332 g/mol. The maximum absolute atomic E-state index is 12.8. The Morgan fingerprint density at radius 3 is 2.38 bits per heavy atom. The average Bonchev–Trinajstić information content (AvgIpc) is 2.97. The fourth-order valence-corrected chi connectivity index (χ4v) is 3.49. The first-order chi connectivity index (χ1) is 11.3. The summed E-state index contributed by atoms with van der Waals surface area (Å²) >= 11 is 0. The molecule has 0 radical (unpaired) electrons. The van der Waals surface area contributed by atoms with Crippen LogP contribution in [-0.2, 0) is 17.8 Å². The Bertz CT molecular complexity index is 621. The minimum atomic E-state index is 0.00127. The van der Waals surface area contributed by atoms with Crippen LogP contribution in [0.25, 0.3) is 0 Å². The number of aromatic nitrogens is 2. The summed E-state index contributed by atoms with van der Waals surface area (Å²) in [6.45, 7) is 9.63. The highest BCUT2D eigenvalue weighted by Crippen LogP contribution is 2.22. The summed E-state index contributed by atoms with van der Waals surface area (Å²) in [5.41, 5.74) is 1.84. The number of carbonyl (C=O) groups is 2. The van der Waals surface area contributed by atoms with Gasteiger partial charge >= 0.3 is 0 Å². The zero-order chi connectivity index (χ0) is 17.3. The Morgan fingerprint density at radius 1 is 1.04 bits per heavy atom. The first kappa shape index (κ1) is 17.0. The molecular weight excluding hydrogens is 304 g/mol. The molecular formula is C18H28N4O2. The second-order valence-corrected chi connectivity index (χ2v) is 8.10. The van der Waals surface area contributed by atoms with Crippen LogP contribution in [0, 0.1) is 5.41 Å². The van der Waals surface area contributed by atoms with Crippen molar-refractivity contribution in [1.29, 1.82) is 0 Å². The second-order valence-electron chi connectivity index (χ2n) is 8.10. The van der Waals surface area contributed by atoms with Gasteiger partial charge in [-0.05, 0) is 24.7 Å². The van der Waals surface area contributed by atoms with E-state index >= 15 is 0 Å². The molecule has 24 heavy (non-hydrogen) atoms. The number of hydrogen-bond donors (Lipinski definition) is 0. The van der Waals surface area contributed by atoms with Gasteiger partial charge in [-0.15, -0.1) is 0 Å². The van der Waals surface area contributed by atoms with Gasteiger partial charge in [0.1, 0.15) is 0 Å². The van der Waals surface area contributed by atoms with E-state index in [1.54, 1.807) is 6.20 Å². The Morgan fingerprint density at radius 2 is 1.71 bits per heavy atom. The third-order valence-electron chi connectivity index (χ3n) is 4.81. The molecule has 1 aromatic heterocycles. The summed E-state index contributed by atoms with van der Waals surface area (Å²) in [4.78, 5) is 28.9. The quantitative estimate of drug-likeness (QED) is 0.831. The summed E-state index contributed by atoms with van der Waals surface area (Å²) in [6.07, 6.45) is 5.47. The van der Waals surface area contributed by atoms with E-state index in [4.69, 9.17) is 0 Å². The van der Waals surface area contributed by atoms with Gasteiger partial charge in [0.15, 0.2) is 0 Å². The smallest absolute Gasteiger partial charge is 0.257 e. The number of fused-ring (bicyclic) bond motifs is 1. The number of rotatable bonds is 2. The van der Waals surface area contributed by atoms with E-state index < -0.39 is 0 Å². The molecule has 3 heterocycles. The first-order valence-electron chi connectivity index (χ1n) is 8.97. The first-order valence-corrected chi connectivity index (χ1v) is 8.97. The van der Waals surface area contributed by atoms with Crippen LogP contribution in [-0.4, -0.2) is 57.6 Å². The van der Waals surface area contributed by atoms with Crippen molar-refractivity contribution in [3.05, 3.63) is 17.5 Å². The van der Waals surface area contributed by atoms with Gasteiger partial charge in [0.05, 0.1) is 17.5 Å². The van der Waals surface area contributed by atoms with Crippen molar-refractivity contribution in [2.45, 2.75) is 53.0 Å². The van der Waals surface area contributed by atoms with Gasteiger partial charge in [-0.1, -0.05) is 20.8 Å². The molecule has 0 aromatic carbocycles. The van der Waals surface area contributed by atoms with E-state index in [1.807, 2.05) is 14.5 Å². The van der Waals surface area contributed by atoms with Crippen LogP contribution in [0.4, 0.5) is 0 Å². The Balaban J connectivity index is 1.60. The molecule has 2 aliphatic heterocycles. The number of carbonyl (C=O) groups excluding carboxylic acids is 2. The molecule has 0 aliphatic carbocycles. The van der Waals surface area contributed by atoms with Crippen molar-refractivity contribution in [3.8, 4) is 0 Å². The molecule has 0 unspecified atom stereocenters. The lowest BCUT2D eigenvalue weighted by Crippen LogP contribution is -2.51. The van der Waals surface area contributed by atoms with Crippen LogP contribution in [0.2, 0.25) is 0 Å². The van der Waals surface area contributed by atoms with Crippen molar-refractivity contribution in [2.24, 2.45) is 5.41 Å². The van der Waals surface area contributed by atoms with E-state index in [2.05, 4.69) is 25.9 Å². The lowest BCUT2D eigenvalue weighted by molar-refractivity contribution is -0.134. The van der Waals surface area contributed by atoms with Crippen molar-refractivity contribution in [3.63, 3.8) is 0 Å². The largest absolute Gasteiger partial charge is 0.339 e. The van der Waals surface area contributed by atoms with Gasteiger partial charge in [-0.3, -0.25) is 14.3 Å². The molecule has 3 rings (SSSR count). The van der Waals surface area contributed by atoms with E-state index in [0.717, 1.165) is 37.1 Å². The Kier molecular flexibility index (Phi) is 4.65. The SMILES string of the molecule is CC(C)(C)CC(=O)N1CCN(C(=O)c2cnn3c2CCCC3)CC1. The number of hydrogen-bond acceptors (Lipinski definition) is 3. The minimum absolute atomic E-state index is 0.00127. The number of aryl methyl sites for hydroxylation is 1. The summed E-state index contributed by atoms with van der Waals surface area (Å²) in [5, 5.41) is 4.36. The number of amides is 2. The lowest BCUT2D eigenvalue weighted by atomic mass is 9.91. The van der Waals surface area contributed by atoms with Gasteiger partial charge in [-0.2, -0.15) is 5.10 Å². The highest BCUT2D eigenvalue weighted by Gasteiger charge is 2.29. The molecule has 1 saturated heterocycles. The standard InChI is InChI=1S/C18H28N4O2/c1-18(2,3)12-16(23)20-8-10-21(11-9-20)17(24)14-13-19-22-7-5-4-6-15(14)22/h13H,4-12H2,1-3H3. The van der Waals surface area contributed by atoms with Crippen molar-refractivity contribution >= 4 is 11.8 Å². The maximum atomic E-state index is 12.8. The van der Waals surface area contributed by atoms with Gasteiger partial charge < -0.3 is 9.80 Å². The molecule has 0 saturated carbocycles. The molecule has 0 bridgehead atoms. The molecule has 1 fully saturated rings. The summed E-state index contributed by atoms with van der Waals surface area (Å²) < 4.78 is 1.97. The molecule has 6 nitrogen and oxygen atoms in total. The molecule has 132 valence electrons. The Labute approximate surface area is 143 Å². The van der Waals surface area contributed by atoms with Crippen LogP contribution in [0.1, 0.15) is 56.1 Å². The zero-order valence-electron chi connectivity index (χ0n) is 15.0. The van der Waals surface area contributed by atoms with E-state index in [0.29, 0.717) is 32.6 Å². The van der Waals surface area contributed by atoms with Crippen molar-refractivity contribution < 1.29 is 9.59 Å². The highest BCUT2D eigenvalue weighted by atomic mass is 16.2. The van der Waals surface area contributed by atoms with Gasteiger partial charge in [-0.25, -0.2) is 0 Å². The molecule has 6 heteroatoms. The molecule has 1 aromatic rings. The minimum Gasteiger partial charge on any atom is -0.339 e. The maximum Gasteiger partial charge on any atom is 0.257 e. The third-order valence-corrected chi connectivity index (χ3v) is 4.81. The van der Waals surface area contributed by atoms with Crippen molar-refractivity contribution in [2.75, 3.05) is 26.2 Å². The summed E-state index contributed by atoms with van der Waals surface area (Å²) in [5.74, 6) is 0.263. The lowest BCUT2D eigenvalue weighted by Gasteiger charge is -2.36.